The number of nitrogens with zero attached hydrogens (tertiary/aromatic N) is 4. The Bertz CT molecular complexity index is 412. The summed E-state index contributed by atoms with van der Waals surface area (Å²) in [6, 6.07) is 1.77. The van der Waals surface area contributed by atoms with Gasteiger partial charge in [0, 0.05) is 56.2 Å². The first kappa shape index (κ1) is 12.8. The number of hydrogen-bond donors (Lipinski definition) is 1. The summed E-state index contributed by atoms with van der Waals surface area (Å²) in [5, 5.41) is 2.35. The summed E-state index contributed by atoms with van der Waals surface area (Å²) < 4.78 is 4.98. The number of fused-ring (bicyclic) bond motifs is 2. The Morgan fingerprint density at radius 1 is 1.32 bits per heavy atom. The third kappa shape index (κ3) is 2.56. The lowest BCUT2D eigenvalue weighted by Crippen LogP contribution is -2.70. The lowest BCUT2D eigenvalue weighted by atomic mass is 9.88. The van der Waals surface area contributed by atoms with Crippen molar-refractivity contribution in [1.82, 2.24) is 25.3 Å². The third-order valence-electron chi connectivity index (χ3n) is 3.96. The van der Waals surface area contributed by atoms with Crippen LogP contribution in [0.4, 0.5) is 0 Å². The molecule has 6 nitrogen and oxygen atoms in total. The van der Waals surface area contributed by atoms with Gasteiger partial charge in [-0.2, -0.15) is 0 Å². The van der Waals surface area contributed by atoms with Crippen molar-refractivity contribution in [2.45, 2.75) is 32.0 Å². The molecule has 0 aromatic carbocycles. The first-order valence-electron chi connectivity index (χ1n) is 6.89. The summed E-state index contributed by atoms with van der Waals surface area (Å²) in [4.78, 5) is 10.9. The molecule has 3 aliphatic rings. The van der Waals surface area contributed by atoms with Gasteiger partial charge in [-0.15, -0.1) is 0 Å². The summed E-state index contributed by atoms with van der Waals surface area (Å²) in [7, 11) is 1.59. The first-order chi connectivity index (χ1) is 9.30. The highest BCUT2D eigenvalue weighted by atomic mass is 16.5. The van der Waals surface area contributed by atoms with Crippen molar-refractivity contribution in [2.75, 3.05) is 26.7 Å². The maximum atomic E-state index is 4.98. The van der Waals surface area contributed by atoms with Crippen molar-refractivity contribution in [1.29, 1.82) is 0 Å². The lowest BCUT2D eigenvalue weighted by molar-refractivity contribution is -0.0906. The second-order valence-electron chi connectivity index (χ2n) is 5.21. The second-order valence-corrected chi connectivity index (χ2v) is 5.21. The molecule has 6 heteroatoms. The highest BCUT2D eigenvalue weighted by molar-refractivity contribution is 5.10. The minimum absolute atomic E-state index is 0.436. The lowest BCUT2D eigenvalue weighted by Gasteiger charge is -2.56. The maximum Gasteiger partial charge on any atom is 0.316 e. The number of piperazine rings is 1. The molecule has 2 unspecified atom stereocenters. The topological polar surface area (TPSA) is 53.5 Å². The normalized spacial score (nSPS) is 27.1. The number of hydrazine groups is 1. The van der Waals surface area contributed by atoms with Crippen LogP contribution >= 0.6 is 0 Å². The molecule has 0 radical (unpaired) electrons. The van der Waals surface area contributed by atoms with Crippen molar-refractivity contribution in [3.8, 4) is 6.01 Å². The van der Waals surface area contributed by atoms with Crippen LogP contribution in [0.2, 0.25) is 0 Å². The predicted molar refractivity (Wildman–Crippen MR) is 71.6 cm³/mol. The second kappa shape index (κ2) is 5.40. The van der Waals surface area contributed by atoms with Gasteiger partial charge in [0.05, 0.1) is 7.11 Å². The average molecular weight is 263 g/mol. The molecule has 1 aromatic rings. The highest BCUT2D eigenvalue weighted by Gasteiger charge is 2.44. The molecule has 4 heterocycles. The summed E-state index contributed by atoms with van der Waals surface area (Å²) in [6.45, 7) is 6.32. The van der Waals surface area contributed by atoms with E-state index in [0.29, 0.717) is 18.1 Å². The van der Waals surface area contributed by atoms with Gasteiger partial charge < -0.3 is 4.74 Å². The van der Waals surface area contributed by atoms with Gasteiger partial charge in [0.15, 0.2) is 0 Å². The molecule has 0 aliphatic carbocycles. The average Bonchev–Trinajstić information content (AvgIpc) is 2.46. The van der Waals surface area contributed by atoms with Gasteiger partial charge in [-0.3, -0.25) is 10.3 Å². The predicted octanol–water partition coefficient (Wildman–Crippen LogP) is 0.268. The number of piperidine rings is 1. The quantitative estimate of drug-likeness (QED) is 0.823. The summed E-state index contributed by atoms with van der Waals surface area (Å²) in [5.41, 5.74) is 4.57. The molecule has 19 heavy (non-hydrogen) atoms. The van der Waals surface area contributed by atoms with E-state index in [0.717, 1.165) is 31.7 Å². The van der Waals surface area contributed by atoms with Gasteiger partial charge in [0.25, 0.3) is 0 Å². The molecule has 0 amide bonds. The van der Waals surface area contributed by atoms with Gasteiger partial charge in [0.1, 0.15) is 0 Å². The van der Waals surface area contributed by atoms with Gasteiger partial charge in [-0.05, 0) is 6.42 Å². The van der Waals surface area contributed by atoms with Crippen molar-refractivity contribution in [3.63, 3.8) is 0 Å². The maximum absolute atomic E-state index is 4.98. The zero-order valence-corrected chi connectivity index (χ0v) is 11.5. The fourth-order valence-corrected chi connectivity index (χ4v) is 3.04. The summed E-state index contributed by atoms with van der Waals surface area (Å²) >= 11 is 0. The van der Waals surface area contributed by atoms with E-state index in [9.17, 15) is 0 Å². The first-order valence-corrected chi connectivity index (χ1v) is 6.89. The Labute approximate surface area is 113 Å². The Morgan fingerprint density at radius 2 is 2.00 bits per heavy atom. The molecule has 0 saturated carbocycles. The smallest absolute Gasteiger partial charge is 0.316 e. The van der Waals surface area contributed by atoms with E-state index in [-0.39, 0.29) is 0 Å². The van der Waals surface area contributed by atoms with Crippen molar-refractivity contribution in [3.05, 3.63) is 18.0 Å². The molecular formula is C13H21N5O. The van der Waals surface area contributed by atoms with Crippen LogP contribution in [0.25, 0.3) is 0 Å². The fraction of sp³-hybridized carbons (Fsp3) is 0.692. The molecule has 4 rings (SSSR count). The molecule has 3 saturated heterocycles. The van der Waals surface area contributed by atoms with E-state index in [1.54, 1.807) is 7.11 Å². The van der Waals surface area contributed by atoms with Crippen LogP contribution in [0.5, 0.6) is 6.01 Å². The highest BCUT2D eigenvalue weighted by Crippen LogP contribution is 2.32. The van der Waals surface area contributed by atoms with E-state index in [1.807, 2.05) is 12.4 Å². The van der Waals surface area contributed by atoms with Crippen LogP contribution < -0.4 is 10.2 Å². The Balaban J connectivity index is 1.57. The van der Waals surface area contributed by atoms with Gasteiger partial charge >= 0.3 is 6.01 Å². The SMILES string of the molecule is CCNN1CC2CC(C1)N2Cc1cnc(OC)nc1. The van der Waals surface area contributed by atoms with Crippen LogP contribution in [0, 0.1) is 0 Å². The van der Waals surface area contributed by atoms with E-state index in [4.69, 9.17) is 4.74 Å². The van der Waals surface area contributed by atoms with E-state index in [2.05, 4.69) is 32.2 Å². The standard InChI is InChI=1S/C13H21N5O/c1-3-16-17-8-11-4-12(9-17)18(11)7-10-5-14-13(19-2)15-6-10/h5-6,11-12,16H,3-4,7-9H2,1-2H3. The summed E-state index contributed by atoms with van der Waals surface area (Å²) in [6.07, 6.45) is 5.04. The molecule has 3 aliphatic heterocycles. The van der Waals surface area contributed by atoms with Gasteiger partial charge in [-0.25, -0.2) is 15.0 Å². The zero-order chi connectivity index (χ0) is 13.2. The number of hydrogen-bond acceptors (Lipinski definition) is 6. The van der Waals surface area contributed by atoms with Crippen LogP contribution in [0.3, 0.4) is 0 Å². The van der Waals surface area contributed by atoms with Crippen LogP contribution in [0.15, 0.2) is 12.4 Å². The van der Waals surface area contributed by atoms with Gasteiger partial charge in [0.2, 0.25) is 0 Å². The Kier molecular flexibility index (Phi) is 3.63. The molecule has 2 bridgehead atoms. The van der Waals surface area contributed by atoms with Crippen LogP contribution in [-0.4, -0.2) is 58.7 Å². The molecule has 0 spiro atoms. The minimum atomic E-state index is 0.436. The van der Waals surface area contributed by atoms with Crippen LogP contribution in [-0.2, 0) is 6.54 Å². The van der Waals surface area contributed by atoms with E-state index >= 15 is 0 Å². The fourth-order valence-electron chi connectivity index (χ4n) is 3.04. The van der Waals surface area contributed by atoms with E-state index < -0.39 is 0 Å². The molecule has 1 aromatic heterocycles. The number of nitrogens with one attached hydrogen (secondary N) is 1. The van der Waals surface area contributed by atoms with Crippen molar-refractivity contribution >= 4 is 0 Å². The number of aromatic nitrogens is 2. The van der Waals surface area contributed by atoms with Crippen molar-refractivity contribution < 1.29 is 4.74 Å². The molecule has 104 valence electrons. The largest absolute Gasteiger partial charge is 0.467 e. The summed E-state index contributed by atoms with van der Waals surface area (Å²) in [5.74, 6) is 0. The number of methoxy groups -OCH3 is 1. The molecule has 3 fully saturated rings. The number of ether oxygens (including phenoxy) is 1. The molecule has 2 atom stereocenters. The number of rotatable bonds is 5. The molecular weight excluding hydrogens is 242 g/mol. The van der Waals surface area contributed by atoms with Crippen molar-refractivity contribution in [2.24, 2.45) is 0 Å². The monoisotopic (exact) mass is 263 g/mol. The minimum Gasteiger partial charge on any atom is -0.467 e. The zero-order valence-electron chi connectivity index (χ0n) is 11.5. The van der Waals surface area contributed by atoms with E-state index in [1.165, 1.54) is 6.42 Å². The third-order valence-corrected chi connectivity index (χ3v) is 3.96. The van der Waals surface area contributed by atoms with Crippen LogP contribution in [0.1, 0.15) is 18.9 Å². The molecule has 1 N–H and O–H groups in total. The Hall–Kier alpha value is -1.24. The Morgan fingerprint density at radius 3 is 2.58 bits per heavy atom. The van der Waals surface area contributed by atoms with Gasteiger partial charge in [-0.1, -0.05) is 6.92 Å².